The molecule has 1 fully saturated rings. The third-order valence-corrected chi connectivity index (χ3v) is 6.58. The zero-order chi connectivity index (χ0) is 23.0. The first-order valence-corrected chi connectivity index (χ1v) is 11.6. The molecule has 3 heterocycles. The van der Waals surface area contributed by atoms with Gasteiger partial charge in [-0.25, -0.2) is 26.5 Å². The van der Waals surface area contributed by atoms with Gasteiger partial charge in [-0.15, -0.1) is 0 Å². The molecule has 0 radical (unpaired) electrons. The minimum Gasteiger partial charge on any atom is -0.421 e. The molecule has 0 aliphatic carbocycles. The lowest BCUT2D eigenvalue weighted by molar-refractivity contribution is -0.122. The Labute approximate surface area is 182 Å². The molecular weight excluding hydrogens is 446 g/mol. The van der Waals surface area contributed by atoms with Crippen molar-refractivity contribution in [3.05, 3.63) is 36.0 Å². The molecule has 1 aliphatic rings. The Morgan fingerprint density at radius 2 is 2.12 bits per heavy atom. The summed E-state index contributed by atoms with van der Waals surface area (Å²) in [5, 5.41) is 9.84. The topological polar surface area (TPSA) is 130 Å². The molecule has 1 aliphatic heterocycles. The Morgan fingerprint density at radius 1 is 1.34 bits per heavy atom. The number of hydrogen-bond acceptors (Lipinski definition) is 7. The summed E-state index contributed by atoms with van der Waals surface area (Å²) in [5.74, 6) is -2.43. The van der Waals surface area contributed by atoms with Gasteiger partial charge in [-0.3, -0.25) is 9.89 Å². The first-order valence-electron chi connectivity index (χ1n) is 9.72. The number of sulfonamides is 1. The molecule has 2 atom stereocenters. The molecule has 1 amide bonds. The van der Waals surface area contributed by atoms with Gasteiger partial charge in [0.2, 0.25) is 15.9 Å². The highest BCUT2D eigenvalue weighted by Crippen LogP contribution is 2.28. The molecule has 32 heavy (non-hydrogen) atoms. The van der Waals surface area contributed by atoms with Crippen molar-refractivity contribution in [3.8, 4) is 11.8 Å². The molecule has 3 aromatic rings. The van der Waals surface area contributed by atoms with Crippen molar-refractivity contribution in [2.45, 2.75) is 13.3 Å². The van der Waals surface area contributed by atoms with E-state index in [0.29, 0.717) is 17.9 Å². The summed E-state index contributed by atoms with van der Waals surface area (Å²) in [4.78, 5) is 20.8. The maximum Gasteiger partial charge on any atom is 0.324 e. The van der Waals surface area contributed by atoms with E-state index in [1.165, 1.54) is 10.5 Å². The van der Waals surface area contributed by atoms with Crippen molar-refractivity contribution < 1.29 is 26.7 Å². The van der Waals surface area contributed by atoms with Gasteiger partial charge in [0, 0.05) is 31.3 Å². The maximum absolute atomic E-state index is 13.8. The average molecular weight is 466 g/mol. The van der Waals surface area contributed by atoms with Gasteiger partial charge in [-0.1, -0.05) is 6.92 Å². The molecule has 2 N–H and O–H groups in total. The van der Waals surface area contributed by atoms with E-state index in [1.54, 1.807) is 0 Å². The highest BCUT2D eigenvalue weighted by atomic mass is 32.2. The van der Waals surface area contributed by atoms with Gasteiger partial charge in [0.25, 0.3) is 0 Å². The van der Waals surface area contributed by atoms with Crippen LogP contribution >= 0.6 is 0 Å². The van der Waals surface area contributed by atoms with Gasteiger partial charge < -0.3 is 10.1 Å². The third-order valence-electron chi connectivity index (χ3n) is 5.31. The summed E-state index contributed by atoms with van der Waals surface area (Å²) in [6, 6.07) is 2.64. The molecule has 170 valence electrons. The summed E-state index contributed by atoms with van der Waals surface area (Å²) in [5.41, 5.74) is 0.174. The number of nitrogens with zero attached hydrogens (tertiary/aromatic N) is 4. The minimum atomic E-state index is -3.30. The van der Waals surface area contributed by atoms with Gasteiger partial charge in [0.1, 0.15) is 11.6 Å². The van der Waals surface area contributed by atoms with Crippen LogP contribution in [0.2, 0.25) is 0 Å². The number of hydrogen-bond donors (Lipinski definition) is 2. The van der Waals surface area contributed by atoms with Crippen LogP contribution in [0.1, 0.15) is 13.3 Å². The number of aromatic nitrogens is 4. The van der Waals surface area contributed by atoms with Gasteiger partial charge in [0.05, 0.1) is 11.6 Å². The van der Waals surface area contributed by atoms with Crippen LogP contribution in [0.15, 0.2) is 24.4 Å². The molecular formula is C19H20F2N6O4S. The molecule has 0 unspecified atom stereocenters. The lowest BCUT2D eigenvalue weighted by Crippen LogP contribution is -2.45. The van der Waals surface area contributed by atoms with Crippen molar-refractivity contribution in [3.63, 3.8) is 0 Å². The molecule has 2 aromatic heterocycles. The van der Waals surface area contributed by atoms with Crippen LogP contribution in [0.4, 0.5) is 14.6 Å². The number of carbonyl (C=O) groups excluding carboxylic acids is 1. The number of benzene rings is 1. The zero-order valence-corrected chi connectivity index (χ0v) is 18.0. The maximum atomic E-state index is 13.8. The summed E-state index contributed by atoms with van der Waals surface area (Å²) in [7, 11) is -3.30. The van der Waals surface area contributed by atoms with Crippen molar-refractivity contribution in [1.29, 1.82) is 0 Å². The van der Waals surface area contributed by atoms with Gasteiger partial charge >= 0.3 is 6.01 Å². The number of piperidine rings is 1. The van der Waals surface area contributed by atoms with E-state index in [2.05, 4.69) is 25.5 Å². The van der Waals surface area contributed by atoms with Gasteiger partial charge in [-0.2, -0.15) is 10.1 Å². The Morgan fingerprint density at radius 3 is 2.81 bits per heavy atom. The second-order valence-electron chi connectivity index (χ2n) is 7.65. The second kappa shape index (κ2) is 8.39. The number of amides is 1. The van der Waals surface area contributed by atoms with E-state index in [-0.39, 0.29) is 54.1 Å². The molecule has 4 rings (SSSR count). The number of anilines is 1. The van der Waals surface area contributed by atoms with Crippen LogP contribution in [0, 0.1) is 23.5 Å². The monoisotopic (exact) mass is 466 g/mol. The second-order valence-corrected chi connectivity index (χ2v) is 9.63. The van der Waals surface area contributed by atoms with Crippen molar-refractivity contribution >= 4 is 32.8 Å². The highest BCUT2D eigenvalue weighted by molar-refractivity contribution is 7.88. The van der Waals surface area contributed by atoms with Crippen LogP contribution in [-0.2, 0) is 14.8 Å². The number of ether oxygens (including phenoxy) is 1. The van der Waals surface area contributed by atoms with Crippen LogP contribution in [0.25, 0.3) is 11.0 Å². The molecule has 0 bridgehead atoms. The van der Waals surface area contributed by atoms with E-state index in [1.807, 2.05) is 6.92 Å². The number of halogens is 2. The third kappa shape index (κ3) is 4.53. The number of carbonyl (C=O) groups is 1. The van der Waals surface area contributed by atoms with E-state index in [0.717, 1.165) is 18.4 Å². The van der Waals surface area contributed by atoms with Gasteiger partial charge in [0.15, 0.2) is 17.2 Å². The van der Waals surface area contributed by atoms with Crippen LogP contribution in [0.5, 0.6) is 11.8 Å². The summed E-state index contributed by atoms with van der Waals surface area (Å²) < 4.78 is 56.9. The fraction of sp³-hybridized carbons (Fsp3) is 0.368. The Balaban J connectivity index is 1.47. The lowest BCUT2D eigenvalue weighted by atomic mass is 9.87. The quantitative estimate of drug-likeness (QED) is 0.590. The average Bonchev–Trinajstić information content (AvgIpc) is 3.11. The van der Waals surface area contributed by atoms with E-state index in [4.69, 9.17) is 4.74 Å². The van der Waals surface area contributed by atoms with Crippen molar-refractivity contribution in [1.82, 2.24) is 24.5 Å². The molecule has 0 saturated carbocycles. The Bertz CT molecular complexity index is 1280. The smallest absolute Gasteiger partial charge is 0.324 e. The molecule has 1 aromatic carbocycles. The Kier molecular flexibility index (Phi) is 5.77. The number of fused-ring (bicyclic) bond motifs is 1. The lowest BCUT2D eigenvalue weighted by Gasteiger charge is -2.34. The normalized spacial score (nSPS) is 19.8. The number of aromatic amines is 1. The predicted molar refractivity (Wildman–Crippen MR) is 110 cm³/mol. The van der Waals surface area contributed by atoms with Crippen LogP contribution in [-0.4, -0.2) is 58.1 Å². The molecule has 10 nitrogen and oxygen atoms in total. The van der Waals surface area contributed by atoms with Crippen LogP contribution in [0.3, 0.4) is 0 Å². The zero-order valence-electron chi connectivity index (χ0n) is 17.2. The largest absolute Gasteiger partial charge is 0.421 e. The first-order chi connectivity index (χ1) is 15.1. The Hall–Kier alpha value is -3.19. The number of rotatable bonds is 5. The van der Waals surface area contributed by atoms with E-state index in [9.17, 15) is 22.0 Å². The van der Waals surface area contributed by atoms with Crippen molar-refractivity contribution in [2.75, 3.05) is 24.7 Å². The number of nitrogens with one attached hydrogen (secondary N) is 2. The van der Waals surface area contributed by atoms with E-state index < -0.39 is 21.7 Å². The first kappa shape index (κ1) is 22.0. The molecule has 0 spiro atoms. The standard InChI is InChI=1S/C19H20F2N6O4S/c1-10-9-27(32(2,29)30)6-5-12(10)18(28)23-16-13-8-22-19(24-17(13)26-25-16)31-15-4-3-11(20)7-14(15)21/h3-4,7-8,10,12H,5-6,9H2,1-2H3,(H2,22,23,24,25,26,28)/t10-,12-/m1/s1. The predicted octanol–water partition coefficient (Wildman–Crippen LogP) is 2.28. The summed E-state index contributed by atoms with van der Waals surface area (Å²) in [6.45, 7) is 2.37. The van der Waals surface area contributed by atoms with Crippen LogP contribution < -0.4 is 10.1 Å². The number of H-pyrrole nitrogens is 1. The summed E-state index contributed by atoms with van der Waals surface area (Å²) >= 11 is 0. The van der Waals surface area contributed by atoms with Crippen molar-refractivity contribution in [2.24, 2.45) is 11.8 Å². The van der Waals surface area contributed by atoms with Gasteiger partial charge in [-0.05, 0) is 24.5 Å². The molecule has 1 saturated heterocycles. The fourth-order valence-corrected chi connectivity index (χ4v) is 4.55. The van der Waals surface area contributed by atoms with E-state index >= 15 is 0 Å². The molecule has 13 heteroatoms. The SMILES string of the molecule is C[C@@H]1CN(S(C)(=O)=O)CC[C@H]1C(=O)Nc1[nH]nc2nc(Oc3ccc(F)cc3F)ncc12. The highest BCUT2D eigenvalue weighted by Gasteiger charge is 2.34. The fourth-order valence-electron chi connectivity index (χ4n) is 3.60. The minimum absolute atomic E-state index is 0.172. The summed E-state index contributed by atoms with van der Waals surface area (Å²) in [6.07, 6.45) is 2.90.